The molecule has 5 heteroatoms. The minimum absolute atomic E-state index is 0.716. The minimum Gasteiger partial charge on any atom is -0.356 e. The van der Waals surface area contributed by atoms with Crippen LogP contribution in [-0.2, 0) is 6.42 Å². The van der Waals surface area contributed by atoms with E-state index < -0.39 is 0 Å². The fourth-order valence-electron chi connectivity index (χ4n) is 1.53. The van der Waals surface area contributed by atoms with Gasteiger partial charge in [0.15, 0.2) is 5.96 Å². The topological polar surface area (TPSA) is 49.3 Å². The average Bonchev–Trinajstić information content (AvgIpc) is 2.72. The van der Waals surface area contributed by atoms with E-state index in [1.54, 1.807) is 18.4 Å². The molecule has 0 aliphatic rings. The molecule has 1 aromatic heterocycles. The Hall–Kier alpha value is -1.10. The van der Waals surface area contributed by atoms with Gasteiger partial charge in [0.05, 0.1) is 10.7 Å². The Labute approximate surface area is 114 Å². The molecule has 102 valence electrons. The SMILES string of the molecule is CN=C(NCCc1csc(C)n1)NCCC(C)C. The summed E-state index contributed by atoms with van der Waals surface area (Å²) in [5.74, 6) is 1.59. The molecule has 0 saturated heterocycles. The van der Waals surface area contributed by atoms with Gasteiger partial charge >= 0.3 is 0 Å². The Kier molecular flexibility index (Phi) is 6.72. The van der Waals surface area contributed by atoms with Crippen LogP contribution in [0.5, 0.6) is 0 Å². The molecule has 0 amide bonds. The quantitative estimate of drug-likeness (QED) is 0.614. The second-order valence-electron chi connectivity index (χ2n) is 4.72. The first-order valence-corrected chi connectivity index (χ1v) is 7.35. The molecule has 1 heterocycles. The summed E-state index contributed by atoms with van der Waals surface area (Å²) in [7, 11) is 1.80. The van der Waals surface area contributed by atoms with Crippen molar-refractivity contribution in [3.8, 4) is 0 Å². The van der Waals surface area contributed by atoms with Crippen LogP contribution >= 0.6 is 11.3 Å². The lowest BCUT2D eigenvalue weighted by molar-refractivity contribution is 0.573. The van der Waals surface area contributed by atoms with Crippen LogP contribution in [0.3, 0.4) is 0 Å². The van der Waals surface area contributed by atoms with E-state index in [1.165, 1.54) is 0 Å². The molecule has 0 aromatic carbocycles. The van der Waals surface area contributed by atoms with Gasteiger partial charge in [0.2, 0.25) is 0 Å². The molecule has 0 unspecified atom stereocenters. The number of nitrogens with one attached hydrogen (secondary N) is 2. The van der Waals surface area contributed by atoms with E-state index in [9.17, 15) is 0 Å². The summed E-state index contributed by atoms with van der Waals surface area (Å²) < 4.78 is 0. The molecule has 1 rings (SSSR count). The van der Waals surface area contributed by atoms with Crippen LogP contribution in [0.4, 0.5) is 0 Å². The smallest absolute Gasteiger partial charge is 0.190 e. The van der Waals surface area contributed by atoms with Gasteiger partial charge < -0.3 is 10.6 Å². The van der Waals surface area contributed by atoms with E-state index in [2.05, 4.69) is 39.8 Å². The summed E-state index contributed by atoms with van der Waals surface area (Å²) in [6.45, 7) is 8.32. The Morgan fingerprint density at radius 3 is 2.67 bits per heavy atom. The van der Waals surface area contributed by atoms with Crippen LogP contribution in [0, 0.1) is 12.8 Å². The van der Waals surface area contributed by atoms with Gasteiger partial charge in [-0.2, -0.15) is 0 Å². The molecule has 1 aromatic rings. The van der Waals surface area contributed by atoms with Gasteiger partial charge in [0, 0.05) is 31.9 Å². The lowest BCUT2D eigenvalue weighted by atomic mass is 10.1. The molecular weight excluding hydrogens is 244 g/mol. The van der Waals surface area contributed by atoms with Gasteiger partial charge in [-0.25, -0.2) is 4.98 Å². The van der Waals surface area contributed by atoms with Gasteiger partial charge in [-0.15, -0.1) is 11.3 Å². The van der Waals surface area contributed by atoms with Crippen LogP contribution in [0.25, 0.3) is 0 Å². The number of nitrogens with zero attached hydrogens (tertiary/aromatic N) is 2. The largest absolute Gasteiger partial charge is 0.356 e. The van der Waals surface area contributed by atoms with Crippen LogP contribution < -0.4 is 10.6 Å². The third-order valence-electron chi connectivity index (χ3n) is 2.58. The van der Waals surface area contributed by atoms with Crippen molar-refractivity contribution in [2.24, 2.45) is 10.9 Å². The van der Waals surface area contributed by atoms with Gasteiger partial charge in [0.1, 0.15) is 0 Å². The number of aryl methyl sites for hydroxylation is 1. The van der Waals surface area contributed by atoms with Gasteiger partial charge in [0.25, 0.3) is 0 Å². The van der Waals surface area contributed by atoms with E-state index in [0.717, 1.165) is 42.6 Å². The van der Waals surface area contributed by atoms with E-state index >= 15 is 0 Å². The Morgan fingerprint density at radius 2 is 2.11 bits per heavy atom. The van der Waals surface area contributed by atoms with Crippen molar-refractivity contribution in [2.75, 3.05) is 20.1 Å². The second-order valence-corrected chi connectivity index (χ2v) is 5.78. The molecule has 0 spiro atoms. The van der Waals surface area contributed by atoms with Crippen molar-refractivity contribution in [1.82, 2.24) is 15.6 Å². The predicted octanol–water partition coefficient (Wildman–Crippen LogP) is 2.21. The maximum Gasteiger partial charge on any atom is 0.190 e. The standard InChI is InChI=1S/C13H24N4S/c1-10(2)5-7-15-13(14-4)16-8-6-12-9-18-11(3)17-12/h9-10H,5-8H2,1-4H3,(H2,14,15,16). The zero-order valence-electron chi connectivity index (χ0n) is 11.8. The summed E-state index contributed by atoms with van der Waals surface area (Å²) in [5.41, 5.74) is 1.16. The molecule has 4 nitrogen and oxygen atoms in total. The lowest BCUT2D eigenvalue weighted by Crippen LogP contribution is -2.39. The van der Waals surface area contributed by atoms with Gasteiger partial charge in [-0.05, 0) is 19.3 Å². The summed E-state index contributed by atoms with van der Waals surface area (Å²) in [4.78, 5) is 8.63. The number of aliphatic imine (C=N–C) groups is 1. The zero-order valence-corrected chi connectivity index (χ0v) is 12.6. The highest BCUT2D eigenvalue weighted by Gasteiger charge is 2.00. The monoisotopic (exact) mass is 268 g/mol. The van der Waals surface area contributed by atoms with Crippen molar-refractivity contribution in [3.05, 3.63) is 16.1 Å². The van der Waals surface area contributed by atoms with Crippen LogP contribution in [-0.4, -0.2) is 31.1 Å². The molecule has 0 radical (unpaired) electrons. The number of hydrogen-bond acceptors (Lipinski definition) is 3. The van der Waals surface area contributed by atoms with E-state index in [-0.39, 0.29) is 0 Å². The highest BCUT2D eigenvalue weighted by atomic mass is 32.1. The molecule has 0 aliphatic carbocycles. The molecule has 0 saturated carbocycles. The molecule has 2 N–H and O–H groups in total. The summed E-state index contributed by atoms with van der Waals surface area (Å²) in [6.07, 6.45) is 2.10. The second kappa shape index (κ2) is 8.08. The lowest BCUT2D eigenvalue weighted by Gasteiger charge is -2.12. The number of guanidine groups is 1. The number of thiazole rings is 1. The van der Waals surface area contributed by atoms with Crippen molar-refractivity contribution in [1.29, 1.82) is 0 Å². The van der Waals surface area contributed by atoms with Gasteiger partial charge in [-0.3, -0.25) is 4.99 Å². The molecule has 18 heavy (non-hydrogen) atoms. The van der Waals surface area contributed by atoms with E-state index in [4.69, 9.17) is 0 Å². The molecule has 0 aliphatic heterocycles. The number of aromatic nitrogens is 1. The van der Waals surface area contributed by atoms with Crippen molar-refractivity contribution >= 4 is 17.3 Å². The van der Waals surface area contributed by atoms with Crippen LogP contribution in [0.15, 0.2) is 10.4 Å². The molecule has 0 fully saturated rings. The first-order chi connectivity index (χ1) is 8.61. The maximum atomic E-state index is 4.44. The van der Waals surface area contributed by atoms with E-state index in [1.807, 2.05) is 6.92 Å². The number of rotatable bonds is 6. The third-order valence-corrected chi connectivity index (χ3v) is 3.40. The fraction of sp³-hybridized carbons (Fsp3) is 0.692. The van der Waals surface area contributed by atoms with Crippen LogP contribution in [0.1, 0.15) is 31.0 Å². The summed E-state index contributed by atoms with van der Waals surface area (Å²) in [5, 5.41) is 9.86. The number of hydrogen-bond donors (Lipinski definition) is 2. The van der Waals surface area contributed by atoms with Crippen molar-refractivity contribution in [3.63, 3.8) is 0 Å². The highest BCUT2D eigenvalue weighted by Crippen LogP contribution is 2.07. The Morgan fingerprint density at radius 1 is 1.39 bits per heavy atom. The third kappa shape index (κ3) is 6.00. The van der Waals surface area contributed by atoms with Crippen LogP contribution in [0.2, 0.25) is 0 Å². The Balaban J connectivity index is 2.19. The Bertz CT molecular complexity index is 371. The normalized spacial score (nSPS) is 11.9. The average molecular weight is 268 g/mol. The first-order valence-electron chi connectivity index (χ1n) is 6.47. The zero-order chi connectivity index (χ0) is 13.4. The van der Waals surface area contributed by atoms with Crippen molar-refractivity contribution < 1.29 is 0 Å². The maximum absolute atomic E-state index is 4.44. The first kappa shape index (κ1) is 15.0. The minimum atomic E-state index is 0.716. The van der Waals surface area contributed by atoms with E-state index in [0.29, 0.717) is 5.92 Å². The summed E-state index contributed by atoms with van der Waals surface area (Å²) >= 11 is 1.70. The highest BCUT2D eigenvalue weighted by molar-refractivity contribution is 7.09. The molecule has 0 atom stereocenters. The van der Waals surface area contributed by atoms with Gasteiger partial charge in [-0.1, -0.05) is 13.8 Å². The van der Waals surface area contributed by atoms with Crippen molar-refractivity contribution in [2.45, 2.75) is 33.6 Å². The molecular formula is C13H24N4S. The fourth-order valence-corrected chi connectivity index (χ4v) is 2.18. The summed E-state index contributed by atoms with van der Waals surface area (Å²) in [6, 6.07) is 0. The molecule has 0 bridgehead atoms. The predicted molar refractivity (Wildman–Crippen MR) is 79.4 cm³/mol.